The quantitative estimate of drug-likeness (QED) is 0.0171. The third-order valence-electron chi connectivity index (χ3n) is 16.9. The van der Waals surface area contributed by atoms with Gasteiger partial charge in [-0.05, 0) is 51.4 Å². The number of hydrogen-bond acceptors (Lipinski definition) is 14. The van der Waals surface area contributed by atoms with Gasteiger partial charge in [0.15, 0.2) is 12.6 Å². The molecule has 7 N–H and O–H groups in total. The minimum atomic E-state index is -1.71. The number of carbonyl (C=O) groups excluding carboxylic acids is 1. The van der Waals surface area contributed by atoms with Crippen LogP contribution in [0.4, 0.5) is 0 Å². The molecule has 0 bridgehead atoms. The Morgan fingerprint density at radius 3 is 1.15 bits per heavy atom. The summed E-state index contributed by atoms with van der Waals surface area (Å²) < 4.78 is 34.6. The Labute approximate surface area is 512 Å². The Balaban J connectivity index is 1.63. The fourth-order valence-electron chi connectivity index (χ4n) is 11.3. The lowest BCUT2D eigenvalue weighted by molar-refractivity contribution is -0.332. The minimum Gasteiger partial charge on any atom is -0.457 e. The van der Waals surface area contributed by atoms with Gasteiger partial charge in [-0.2, -0.15) is 0 Å². The molecule has 11 atom stereocenters. The van der Waals surface area contributed by atoms with Gasteiger partial charge in [-0.15, -0.1) is 0 Å². The molecule has 494 valence electrons. The summed E-state index contributed by atoms with van der Waals surface area (Å²) in [5.41, 5.74) is 0. The van der Waals surface area contributed by atoms with E-state index in [1.54, 1.807) is 0 Å². The zero-order chi connectivity index (χ0) is 60.8. The zero-order valence-electron chi connectivity index (χ0n) is 53.7. The molecular weight excluding hydrogens is 1060 g/mol. The Bertz CT molecular complexity index is 1530. The molecule has 0 aliphatic carbocycles. The van der Waals surface area contributed by atoms with Crippen molar-refractivity contribution < 1.29 is 69.0 Å². The fourth-order valence-corrected chi connectivity index (χ4v) is 11.3. The molecule has 0 aromatic rings. The zero-order valence-corrected chi connectivity index (χ0v) is 53.7. The van der Waals surface area contributed by atoms with Crippen LogP contribution in [-0.4, -0.2) is 142 Å². The largest absolute Gasteiger partial charge is 0.457 e. The summed E-state index contributed by atoms with van der Waals surface area (Å²) in [6.45, 7) is 3.74. The first-order chi connectivity index (χ1) is 41.1. The molecule has 0 spiro atoms. The first kappa shape index (κ1) is 78.3. The fraction of sp³-hybridized carbons (Fsp3) is 0.900. The van der Waals surface area contributed by atoms with Crippen LogP contribution >= 0.6 is 0 Å². The van der Waals surface area contributed by atoms with Crippen molar-refractivity contribution in [2.45, 2.75) is 370 Å². The summed E-state index contributed by atoms with van der Waals surface area (Å²) >= 11 is 0. The van der Waals surface area contributed by atoms with Gasteiger partial charge in [0.2, 0.25) is 0 Å². The average Bonchev–Trinajstić information content (AvgIpc) is 3.15. The second-order valence-electron chi connectivity index (χ2n) is 24.7. The van der Waals surface area contributed by atoms with Gasteiger partial charge >= 0.3 is 5.97 Å². The highest BCUT2D eigenvalue weighted by Crippen LogP contribution is 2.27. The van der Waals surface area contributed by atoms with E-state index in [1.165, 1.54) is 225 Å². The number of rotatable bonds is 59. The van der Waals surface area contributed by atoms with Gasteiger partial charge < -0.3 is 64.2 Å². The highest BCUT2D eigenvalue weighted by atomic mass is 16.7. The molecule has 11 unspecified atom stereocenters. The van der Waals surface area contributed by atoms with Crippen molar-refractivity contribution in [1.82, 2.24) is 0 Å². The van der Waals surface area contributed by atoms with Gasteiger partial charge in [-0.25, -0.2) is 0 Å². The molecule has 84 heavy (non-hydrogen) atoms. The molecular formula is C70H130O14. The predicted molar refractivity (Wildman–Crippen MR) is 340 cm³/mol. The summed E-state index contributed by atoms with van der Waals surface area (Å²) in [6.07, 6.45) is 53.6. The smallest absolute Gasteiger partial charge is 0.306 e. The SMILES string of the molecule is CCCCCCC/C=C\C/C=C\C/C=C\CCCCCCCCCCCCCOCC(COC1OC(COC2OC(CO)C(O)C(O)C2O)C(O)C(O)C1O)OC(=O)CCCCCCCCCCCCCCCCCCCCCCCCCC. The molecule has 14 nitrogen and oxygen atoms in total. The van der Waals surface area contributed by atoms with Crippen LogP contribution in [0.1, 0.15) is 303 Å². The van der Waals surface area contributed by atoms with Crippen LogP contribution in [0, 0.1) is 0 Å². The molecule has 0 radical (unpaired) electrons. The number of carbonyl (C=O) groups is 1. The lowest BCUT2D eigenvalue weighted by Crippen LogP contribution is -2.61. The predicted octanol–water partition coefficient (Wildman–Crippen LogP) is 14.8. The minimum absolute atomic E-state index is 0.0634. The summed E-state index contributed by atoms with van der Waals surface area (Å²) in [7, 11) is 0. The molecule has 0 amide bonds. The Kier molecular flexibility index (Phi) is 52.6. The van der Waals surface area contributed by atoms with E-state index < -0.39 is 80.7 Å². The maximum Gasteiger partial charge on any atom is 0.306 e. The van der Waals surface area contributed by atoms with Crippen molar-refractivity contribution >= 4 is 5.97 Å². The highest BCUT2D eigenvalue weighted by Gasteiger charge is 2.47. The van der Waals surface area contributed by atoms with Crippen molar-refractivity contribution in [3.63, 3.8) is 0 Å². The topological polar surface area (TPSA) is 214 Å². The highest BCUT2D eigenvalue weighted by molar-refractivity contribution is 5.69. The van der Waals surface area contributed by atoms with E-state index in [0.717, 1.165) is 51.4 Å². The normalized spacial score (nSPS) is 23.4. The first-order valence-corrected chi connectivity index (χ1v) is 35.1. The van der Waals surface area contributed by atoms with Crippen LogP contribution in [0.2, 0.25) is 0 Å². The molecule has 14 heteroatoms. The van der Waals surface area contributed by atoms with Gasteiger partial charge in [0.25, 0.3) is 0 Å². The second-order valence-corrected chi connectivity index (χ2v) is 24.7. The maximum atomic E-state index is 13.2. The number of allylic oxidation sites excluding steroid dienone is 6. The van der Waals surface area contributed by atoms with Crippen LogP contribution in [0.5, 0.6) is 0 Å². The van der Waals surface area contributed by atoms with Gasteiger partial charge in [0.1, 0.15) is 54.9 Å². The van der Waals surface area contributed by atoms with Crippen molar-refractivity contribution in [2.75, 3.05) is 33.0 Å². The lowest BCUT2D eigenvalue weighted by atomic mass is 9.98. The summed E-state index contributed by atoms with van der Waals surface area (Å²) in [5.74, 6) is -0.369. The number of unbranched alkanes of at least 4 members (excludes halogenated alkanes) is 39. The molecule has 0 saturated carbocycles. The van der Waals surface area contributed by atoms with E-state index in [0.29, 0.717) is 13.0 Å². The van der Waals surface area contributed by atoms with Gasteiger partial charge in [-0.3, -0.25) is 4.79 Å². The van der Waals surface area contributed by atoms with Gasteiger partial charge in [-0.1, -0.05) is 281 Å². The van der Waals surface area contributed by atoms with E-state index in [-0.39, 0.29) is 25.6 Å². The number of esters is 1. The molecule has 0 aromatic heterocycles. The average molecular weight is 1200 g/mol. The summed E-state index contributed by atoms with van der Waals surface area (Å²) in [5, 5.41) is 72.6. The van der Waals surface area contributed by atoms with Gasteiger partial charge in [0.05, 0.1) is 26.4 Å². The van der Waals surface area contributed by atoms with Crippen molar-refractivity contribution in [2.24, 2.45) is 0 Å². The molecule has 2 aliphatic rings. The van der Waals surface area contributed by atoms with Crippen molar-refractivity contribution in [1.29, 1.82) is 0 Å². The van der Waals surface area contributed by atoms with Crippen molar-refractivity contribution in [3.8, 4) is 0 Å². The van der Waals surface area contributed by atoms with E-state index >= 15 is 0 Å². The Hall–Kier alpha value is -1.79. The molecule has 0 aromatic carbocycles. The number of hydrogen-bond donors (Lipinski definition) is 7. The molecule has 2 aliphatic heterocycles. The summed E-state index contributed by atoms with van der Waals surface area (Å²) in [4.78, 5) is 13.2. The van der Waals surface area contributed by atoms with Crippen LogP contribution in [0.25, 0.3) is 0 Å². The number of aliphatic hydroxyl groups is 7. The molecule has 2 saturated heterocycles. The standard InChI is InChI=1S/C70H130O14/c1-3-5-7-9-11-13-15-17-19-21-23-25-27-29-30-32-34-36-38-40-42-44-46-48-50-52-54-79-56-59(57-80-69-68(78)66(76)64(74)61(84-69)58-81-70-67(77)65(75)63(73)60(55-71)83-70)82-62(72)53-51-49-47-45-43-41-39-37-35-33-31-28-26-24-22-20-18-16-14-12-10-8-6-4-2/h15,17,21,23,27,29,59-61,63-71,73-78H,3-14,16,18-20,22,24-26,28,30-58H2,1-2H3/b17-15-,23-21-,29-27-. The number of ether oxygens (including phenoxy) is 6. The summed E-state index contributed by atoms with van der Waals surface area (Å²) in [6, 6.07) is 0. The van der Waals surface area contributed by atoms with E-state index in [4.69, 9.17) is 28.4 Å². The third-order valence-corrected chi connectivity index (χ3v) is 16.9. The van der Waals surface area contributed by atoms with Crippen LogP contribution in [0.3, 0.4) is 0 Å². The van der Waals surface area contributed by atoms with E-state index in [9.17, 15) is 40.5 Å². The molecule has 2 fully saturated rings. The Morgan fingerprint density at radius 1 is 0.393 bits per heavy atom. The van der Waals surface area contributed by atoms with Crippen LogP contribution in [0.15, 0.2) is 36.5 Å². The molecule has 2 rings (SSSR count). The third kappa shape index (κ3) is 41.4. The Morgan fingerprint density at radius 2 is 0.738 bits per heavy atom. The molecule has 2 heterocycles. The lowest BCUT2D eigenvalue weighted by Gasteiger charge is -2.42. The maximum absolute atomic E-state index is 13.2. The van der Waals surface area contributed by atoms with E-state index in [2.05, 4.69) is 50.3 Å². The first-order valence-electron chi connectivity index (χ1n) is 35.1. The van der Waals surface area contributed by atoms with Gasteiger partial charge in [0, 0.05) is 13.0 Å². The van der Waals surface area contributed by atoms with E-state index in [1.807, 2.05) is 0 Å². The van der Waals surface area contributed by atoms with Crippen LogP contribution in [-0.2, 0) is 33.2 Å². The van der Waals surface area contributed by atoms with Crippen LogP contribution < -0.4 is 0 Å². The second kappa shape index (κ2) is 56.4. The van der Waals surface area contributed by atoms with Crippen molar-refractivity contribution in [3.05, 3.63) is 36.5 Å². The number of aliphatic hydroxyl groups excluding tert-OH is 7. The monoisotopic (exact) mass is 1190 g/mol.